The molecule has 2 atom stereocenters. The highest BCUT2D eigenvalue weighted by molar-refractivity contribution is 5.83. The minimum absolute atomic E-state index is 0.0844. The highest BCUT2D eigenvalue weighted by Crippen LogP contribution is 2.31. The van der Waals surface area contributed by atoms with Gasteiger partial charge in [-0.15, -0.1) is 0 Å². The third-order valence-electron chi connectivity index (χ3n) is 4.24. The fourth-order valence-electron chi connectivity index (χ4n) is 3.22. The summed E-state index contributed by atoms with van der Waals surface area (Å²) in [6.45, 7) is 0.804. The number of imidazole rings is 1. The van der Waals surface area contributed by atoms with E-state index in [2.05, 4.69) is 4.98 Å². The Labute approximate surface area is 131 Å². The van der Waals surface area contributed by atoms with Crippen molar-refractivity contribution in [3.05, 3.63) is 54.6 Å². The van der Waals surface area contributed by atoms with Crippen LogP contribution >= 0.6 is 0 Å². The zero-order valence-electron chi connectivity index (χ0n) is 13.1. The number of amides is 1. The molecule has 1 aliphatic heterocycles. The van der Waals surface area contributed by atoms with Gasteiger partial charge in [0.05, 0.1) is 6.33 Å². The molecule has 22 heavy (non-hydrogen) atoms. The molecule has 5 nitrogen and oxygen atoms in total. The Morgan fingerprint density at radius 1 is 1.32 bits per heavy atom. The van der Waals surface area contributed by atoms with Crippen LogP contribution in [0.5, 0.6) is 0 Å². The predicted octanol–water partition coefficient (Wildman–Crippen LogP) is 2.31. The summed E-state index contributed by atoms with van der Waals surface area (Å²) in [6, 6.07) is 9.73. The van der Waals surface area contributed by atoms with Crippen LogP contribution in [0.4, 0.5) is 0 Å². The molecule has 0 spiro atoms. The number of benzene rings is 1. The molecule has 3 rings (SSSR count). The van der Waals surface area contributed by atoms with Crippen LogP contribution in [0.1, 0.15) is 30.6 Å². The van der Waals surface area contributed by atoms with Gasteiger partial charge in [-0.1, -0.05) is 30.3 Å². The summed E-state index contributed by atoms with van der Waals surface area (Å²) >= 11 is 0. The van der Waals surface area contributed by atoms with Crippen molar-refractivity contribution in [2.45, 2.75) is 25.0 Å². The van der Waals surface area contributed by atoms with Crippen molar-refractivity contribution in [3.63, 3.8) is 0 Å². The number of likely N-dealkylation sites (N-methyl/N-ethyl adjacent to an activating group) is 1. The zero-order chi connectivity index (χ0) is 15.5. The zero-order valence-corrected chi connectivity index (χ0v) is 13.1. The van der Waals surface area contributed by atoms with Crippen molar-refractivity contribution >= 4 is 5.91 Å². The summed E-state index contributed by atoms with van der Waals surface area (Å²) < 4.78 is 2.03. The Bertz CT molecular complexity index is 609. The average Bonchev–Trinajstić information content (AvgIpc) is 3.19. The SMILES string of the molecule is CN(C)[C@@H](C(=O)N1CCC[C@H]1n1ccnc1)c1ccccc1. The van der Waals surface area contributed by atoms with Gasteiger partial charge in [0.1, 0.15) is 12.2 Å². The minimum Gasteiger partial charge on any atom is -0.320 e. The molecule has 1 saturated heterocycles. The van der Waals surface area contributed by atoms with Crippen LogP contribution < -0.4 is 0 Å². The summed E-state index contributed by atoms with van der Waals surface area (Å²) in [5.74, 6) is 0.160. The highest BCUT2D eigenvalue weighted by atomic mass is 16.2. The van der Waals surface area contributed by atoms with Crippen molar-refractivity contribution in [1.29, 1.82) is 0 Å². The first-order chi connectivity index (χ1) is 10.7. The van der Waals surface area contributed by atoms with E-state index >= 15 is 0 Å². The number of carbonyl (C=O) groups excluding carboxylic acids is 1. The van der Waals surface area contributed by atoms with Crippen LogP contribution in [0.25, 0.3) is 0 Å². The van der Waals surface area contributed by atoms with Gasteiger partial charge in [-0.05, 0) is 32.5 Å². The van der Waals surface area contributed by atoms with Gasteiger partial charge in [0.2, 0.25) is 5.91 Å². The van der Waals surface area contributed by atoms with Gasteiger partial charge in [-0.3, -0.25) is 9.69 Å². The summed E-state index contributed by atoms with van der Waals surface area (Å²) in [7, 11) is 3.91. The lowest BCUT2D eigenvalue weighted by atomic mass is 10.0. The molecule has 2 aromatic rings. The van der Waals surface area contributed by atoms with E-state index in [4.69, 9.17) is 0 Å². The van der Waals surface area contributed by atoms with Crippen LogP contribution in [0.15, 0.2) is 49.1 Å². The molecule has 116 valence electrons. The quantitative estimate of drug-likeness (QED) is 0.870. The van der Waals surface area contributed by atoms with E-state index in [9.17, 15) is 4.79 Å². The number of aromatic nitrogens is 2. The van der Waals surface area contributed by atoms with E-state index in [-0.39, 0.29) is 18.1 Å². The molecular formula is C17H22N4O. The smallest absolute Gasteiger partial charge is 0.246 e. The summed E-state index contributed by atoms with van der Waals surface area (Å²) in [4.78, 5) is 21.2. The fraction of sp³-hybridized carbons (Fsp3) is 0.412. The third kappa shape index (κ3) is 2.76. The van der Waals surface area contributed by atoms with Crippen molar-refractivity contribution in [2.75, 3.05) is 20.6 Å². The first-order valence-corrected chi connectivity index (χ1v) is 7.68. The van der Waals surface area contributed by atoms with E-state index in [0.717, 1.165) is 24.9 Å². The lowest BCUT2D eigenvalue weighted by Gasteiger charge is -2.32. The number of rotatable bonds is 4. The molecule has 1 amide bonds. The number of nitrogens with zero attached hydrogens (tertiary/aromatic N) is 4. The Morgan fingerprint density at radius 3 is 2.73 bits per heavy atom. The Kier molecular flexibility index (Phi) is 4.24. The molecule has 2 heterocycles. The summed E-state index contributed by atoms with van der Waals surface area (Å²) in [5.41, 5.74) is 1.04. The monoisotopic (exact) mass is 298 g/mol. The fourth-order valence-corrected chi connectivity index (χ4v) is 3.22. The molecule has 0 aliphatic carbocycles. The highest BCUT2D eigenvalue weighted by Gasteiger charge is 2.35. The van der Waals surface area contributed by atoms with Gasteiger partial charge in [-0.2, -0.15) is 0 Å². The molecule has 0 unspecified atom stereocenters. The maximum Gasteiger partial charge on any atom is 0.246 e. The largest absolute Gasteiger partial charge is 0.320 e. The Balaban J connectivity index is 1.87. The van der Waals surface area contributed by atoms with Crippen molar-refractivity contribution in [1.82, 2.24) is 19.4 Å². The predicted molar refractivity (Wildman–Crippen MR) is 85.1 cm³/mol. The Morgan fingerprint density at radius 2 is 2.09 bits per heavy atom. The second-order valence-corrected chi connectivity index (χ2v) is 5.94. The van der Waals surface area contributed by atoms with Crippen molar-refractivity contribution in [3.8, 4) is 0 Å². The normalized spacial score (nSPS) is 19.6. The molecule has 1 fully saturated rings. The van der Waals surface area contributed by atoms with Crippen LogP contribution in [-0.2, 0) is 4.79 Å². The standard InChI is InChI=1S/C17H22N4O/c1-19(2)16(14-7-4-3-5-8-14)17(22)21-11-6-9-15(21)20-12-10-18-13-20/h3-5,7-8,10,12-13,15-16H,6,9,11H2,1-2H3/t15-,16+/m0/s1. The van der Waals surface area contributed by atoms with Crippen molar-refractivity contribution < 1.29 is 4.79 Å². The molecule has 1 aromatic carbocycles. The molecule has 0 radical (unpaired) electrons. The first kappa shape index (κ1) is 14.8. The average molecular weight is 298 g/mol. The molecule has 0 saturated carbocycles. The van der Waals surface area contributed by atoms with Crippen molar-refractivity contribution in [2.24, 2.45) is 0 Å². The van der Waals surface area contributed by atoms with E-state index in [1.807, 2.05) is 65.0 Å². The summed E-state index contributed by atoms with van der Waals surface area (Å²) in [5, 5.41) is 0. The lowest BCUT2D eigenvalue weighted by Crippen LogP contribution is -2.41. The van der Waals surface area contributed by atoms with Crippen LogP contribution in [0.3, 0.4) is 0 Å². The number of hydrogen-bond donors (Lipinski definition) is 0. The second-order valence-electron chi connectivity index (χ2n) is 5.94. The van der Waals surface area contributed by atoms with Crippen LogP contribution in [0, 0.1) is 0 Å². The molecule has 1 aliphatic rings. The Hall–Kier alpha value is -2.14. The molecule has 1 aromatic heterocycles. The lowest BCUT2D eigenvalue weighted by molar-refractivity contribution is -0.138. The molecular weight excluding hydrogens is 276 g/mol. The van der Waals surface area contributed by atoms with Crippen LogP contribution in [0.2, 0.25) is 0 Å². The van der Waals surface area contributed by atoms with Gasteiger partial charge in [0, 0.05) is 18.9 Å². The third-order valence-corrected chi connectivity index (χ3v) is 4.24. The van der Waals surface area contributed by atoms with Gasteiger partial charge in [0.25, 0.3) is 0 Å². The minimum atomic E-state index is -0.245. The number of hydrogen-bond acceptors (Lipinski definition) is 3. The maximum absolute atomic E-state index is 13.1. The molecule has 0 N–H and O–H groups in total. The van der Waals surface area contributed by atoms with Crippen LogP contribution in [-0.4, -0.2) is 45.9 Å². The van der Waals surface area contributed by atoms with Gasteiger partial charge in [-0.25, -0.2) is 4.98 Å². The van der Waals surface area contributed by atoms with Gasteiger partial charge in [0.15, 0.2) is 0 Å². The van der Waals surface area contributed by atoms with E-state index in [0.29, 0.717) is 0 Å². The van der Waals surface area contributed by atoms with E-state index < -0.39 is 0 Å². The summed E-state index contributed by atoms with van der Waals surface area (Å²) in [6.07, 6.45) is 7.59. The maximum atomic E-state index is 13.1. The molecule has 0 bridgehead atoms. The van der Waals surface area contributed by atoms with Gasteiger partial charge < -0.3 is 9.47 Å². The number of carbonyl (C=O) groups is 1. The van der Waals surface area contributed by atoms with Gasteiger partial charge >= 0.3 is 0 Å². The first-order valence-electron chi connectivity index (χ1n) is 7.68. The van der Waals surface area contributed by atoms with E-state index in [1.54, 1.807) is 12.5 Å². The molecule has 5 heteroatoms. The van der Waals surface area contributed by atoms with E-state index in [1.165, 1.54) is 0 Å². The number of likely N-dealkylation sites (tertiary alicyclic amines) is 1. The topological polar surface area (TPSA) is 41.4 Å². The second kappa shape index (κ2) is 6.32.